The van der Waals surface area contributed by atoms with Crippen molar-refractivity contribution in [3.05, 3.63) is 12.7 Å². The Balaban J connectivity index is 2.64. The van der Waals surface area contributed by atoms with E-state index in [4.69, 9.17) is 4.74 Å². The molecule has 0 spiro atoms. The zero-order chi connectivity index (χ0) is 12.3. The monoisotopic (exact) mass is 227 g/mol. The fourth-order valence-electron chi connectivity index (χ4n) is 1.84. The second-order valence-corrected chi connectivity index (χ2v) is 5.12. The van der Waals surface area contributed by atoms with Crippen LogP contribution in [0.15, 0.2) is 12.7 Å². The highest BCUT2D eigenvalue weighted by Gasteiger charge is 2.37. The van der Waals surface area contributed by atoms with Crippen molar-refractivity contribution in [3.8, 4) is 0 Å². The van der Waals surface area contributed by atoms with E-state index < -0.39 is 11.7 Å². The van der Waals surface area contributed by atoms with Gasteiger partial charge in [-0.25, -0.2) is 4.79 Å². The number of nitrogens with zero attached hydrogens (tertiary/aromatic N) is 1. The molecule has 1 aliphatic heterocycles. The fraction of sp³-hybridized carbons (Fsp3) is 0.750. The van der Waals surface area contributed by atoms with E-state index in [0.717, 1.165) is 0 Å². The third-order valence-corrected chi connectivity index (χ3v) is 2.55. The van der Waals surface area contributed by atoms with Crippen molar-refractivity contribution in [1.82, 2.24) is 4.90 Å². The predicted molar refractivity (Wildman–Crippen MR) is 62.2 cm³/mol. The van der Waals surface area contributed by atoms with Gasteiger partial charge in [-0.2, -0.15) is 0 Å². The molecular weight excluding hydrogens is 206 g/mol. The van der Waals surface area contributed by atoms with E-state index in [0.29, 0.717) is 19.4 Å². The number of likely N-dealkylation sites (tertiary alicyclic amines) is 1. The maximum Gasteiger partial charge on any atom is 0.410 e. The number of carbonyl (C=O) groups is 1. The van der Waals surface area contributed by atoms with Gasteiger partial charge in [-0.05, 0) is 33.6 Å². The first kappa shape index (κ1) is 13.0. The Bertz CT molecular complexity index is 270. The van der Waals surface area contributed by atoms with Gasteiger partial charge < -0.3 is 14.7 Å². The Morgan fingerprint density at radius 3 is 2.75 bits per heavy atom. The van der Waals surface area contributed by atoms with Crippen LogP contribution in [0.25, 0.3) is 0 Å². The SMILES string of the molecule is C=CC[C@@H]1[C@H](O)CCN1C(=O)OC(C)(C)C. The summed E-state index contributed by atoms with van der Waals surface area (Å²) in [6, 6.07) is -0.188. The quantitative estimate of drug-likeness (QED) is 0.733. The Hall–Kier alpha value is -1.03. The molecule has 92 valence electrons. The molecule has 1 amide bonds. The van der Waals surface area contributed by atoms with Gasteiger partial charge >= 0.3 is 6.09 Å². The minimum atomic E-state index is -0.497. The lowest BCUT2D eigenvalue weighted by Crippen LogP contribution is -2.42. The molecule has 0 aliphatic carbocycles. The molecular formula is C12H21NO3. The number of amides is 1. The summed E-state index contributed by atoms with van der Waals surface area (Å²) in [4.78, 5) is 13.4. The van der Waals surface area contributed by atoms with Crippen LogP contribution in [0, 0.1) is 0 Å². The summed E-state index contributed by atoms with van der Waals surface area (Å²) in [6.07, 6.45) is 2.11. The first-order valence-electron chi connectivity index (χ1n) is 5.63. The van der Waals surface area contributed by atoms with Crippen LogP contribution in [0.3, 0.4) is 0 Å². The topological polar surface area (TPSA) is 49.8 Å². The van der Waals surface area contributed by atoms with Gasteiger partial charge in [0.1, 0.15) is 5.60 Å². The van der Waals surface area contributed by atoms with E-state index in [-0.39, 0.29) is 12.1 Å². The van der Waals surface area contributed by atoms with Crippen LogP contribution in [-0.2, 0) is 4.74 Å². The highest BCUT2D eigenvalue weighted by molar-refractivity contribution is 5.69. The lowest BCUT2D eigenvalue weighted by molar-refractivity contribution is 0.0159. The molecule has 4 heteroatoms. The van der Waals surface area contributed by atoms with Gasteiger partial charge in [0, 0.05) is 6.54 Å². The molecule has 1 fully saturated rings. The van der Waals surface area contributed by atoms with E-state index in [1.165, 1.54) is 0 Å². The number of hydrogen-bond acceptors (Lipinski definition) is 3. The van der Waals surface area contributed by atoms with Gasteiger partial charge in [-0.15, -0.1) is 6.58 Å². The first-order valence-corrected chi connectivity index (χ1v) is 5.63. The van der Waals surface area contributed by atoms with Gasteiger partial charge in [-0.1, -0.05) is 6.08 Å². The third-order valence-electron chi connectivity index (χ3n) is 2.55. The van der Waals surface area contributed by atoms with Crippen molar-refractivity contribution in [2.45, 2.75) is 51.4 Å². The van der Waals surface area contributed by atoms with Crippen LogP contribution in [0.2, 0.25) is 0 Å². The summed E-state index contributed by atoms with van der Waals surface area (Å²) >= 11 is 0. The number of rotatable bonds is 2. The standard InChI is InChI=1S/C12H21NO3/c1-5-6-9-10(14)7-8-13(9)11(15)16-12(2,3)4/h5,9-10,14H,1,6-8H2,2-4H3/t9-,10-/m1/s1. The molecule has 0 bridgehead atoms. The highest BCUT2D eigenvalue weighted by Crippen LogP contribution is 2.23. The van der Waals surface area contributed by atoms with Crippen LogP contribution in [-0.4, -0.2) is 40.4 Å². The van der Waals surface area contributed by atoms with Gasteiger partial charge in [0.05, 0.1) is 12.1 Å². The van der Waals surface area contributed by atoms with E-state index in [1.54, 1.807) is 11.0 Å². The molecule has 1 rings (SSSR count). The zero-order valence-electron chi connectivity index (χ0n) is 10.3. The molecule has 16 heavy (non-hydrogen) atoms. The normalized spacial score (nSPS) is 25.6. The molecule has 1 N–H and O–H groups in total. The molecule has 0 aromatic carbocycles. The fourth-order valence-corrected chi connectivity index (χ4v) is 1.84. The summed E-state index contributed by atoms with van der Waals surface area (Å²) in [5, 5.41) is 9.74. The molecule has 0 unspecified atom stereocenters. The molecule has 1 saturated heterocycles. The van der Waals surface area contributed by atoms with Crippen molar-refractivity contribution >= 4 is 6.09 Å². The molecule has 4 nitrogen and oxygen atoms in total. The average molecular weight is 227 g/mol. The molecule has 0 aromatic heterocycles. The molecule has 1 heterocycles. The van der Waals surface area contributed by atoms with Crippen LogP contribution in [0.1, 0.15) is 33.6 Å². The van der Waals surface area contributed by atoms with Crippen molar-refractivity contribution < 1.29 is 14.6 Å². The predicted octanol–water partition coefficient (Wildman–Crippen LogP) is 1.93. The Morgan fingerprint density at radius 1 is 1.62 bits per heavy atom. The summed E-state index contributed by atoms with van der Waals surface area (Å²) in [7, 11) is 0. The minimum Gasteiger partial charge on any atom is -0.444 e. The summed E-state index contributed by atoms with van der Waals surface area (Å²) in [5.41, 5.74) is -0.497. The van der Waals surface area contributed by atoms with E-state index >= 15 is 0 Å². The Morgan fingerprint density at radius 2 is 2.25 bits per heavy atom. The van der Waals surface area contributed by atoms with E-state index in [1.807, 2.05) is 20.8 Å². The first-order chi connectivity index (χ1) is 7.35. The van der Waals surface area contributed by atoms with Crippen molar-refractivity contribution in [2.24, 2.45) is 0 Å². The molecule has 2 atom stereocenters. The second kappa shape index (κ2) is 4.87. The summed E-state index contributed by atoms with van der Waals surface area (Å²) < 4.78 is 5.29. The van der Waals surface area contributed by atoms with E-state index in [2.05, 4.69) is 6.58 Å². The largest absolute Gasteiger partial charge is 0.444 e. The van der Waals surface area contributed by atoms with Crippen molar-refractivity contribution in [3.63, 3.8) is 0 Å². The van der Waals surface area contributed by atoms with Gasteiger partial charge in [0.15, 0.2) is 0 Å². The van der Waals surface area contributed by atoms with Gasteiger partial charge in [-0.3, -0.25) is 0 Å². The van der Waals surface area contributed by atoms with Gasteiger partial charge in [0.2, 0.25) is 0 Å². The van der Waals surface area contributed by atoms with E-state index in [9.17, 15) is 9.90 Å². The van der Waals surface area contributed by atoms with Crippen molar-refractivity contribution in [1.29, 1.82) is 0 Å². The van der Waals surface area contributed by atoms with Crippen LogP contribution < -0.4 is 0 Å². The molecule has 1 aliphatic rings. The lowest BCUT2D eigenvalue weighted by atomic mass is 10.1. The Labute approximate surface area is 96.9 Å². The molecule has 0 radical (unpaired) electrons. The average Bonchev–Trinajstić information content (AvgIpc) is 2.46. The second-order valence-electron chi connectivity index (χ2n) is 5.12. The maximum atomic E-state index is 11.9. The van der Waals surface area contributed by atoms with Gasteiger partial charge in [0.25, 0.3) is 0 Å². The highest BCUT2D eigenvalue weighted by atomic mass is 16.6. The number of carbonyl (C=O) groups excluding carboxylic acids is 1. The molecule has 0 saturated carbocycles. The number of aliphatic hydroxyl groups excluding tert-OH is 1. The third kappa shape index (κ3) is 3.23. The smallest absolute Gasteiger partial charge is 0.410 e. The summed E-state index contributed by atoms with van der Waals surface area (Å²) in [6.45, 7) is 9.69. The van der Waals surface area contributed by atoms with Crippen molar-refractivity contribution in [2.75, 3.05) is 6.54 Å². The molecule has 0 aromatic rings. The lowest BCUT2D eigenvalue weighted by Gasteiger charge is -2.28. The Kier molecular flexibility index (Phi) is 3.97. The number of aliphatic hydroxyl groups is 1. The number of ether oxygens (including phenoxy) is 1. The summed E-state index contributed by atoms with van der Waals surface area (Å²) in [5.74, 6) is 0. The maximum absolute atomic E-state index is 11.9. The number of hydrogen-bond donors (Lipinski definition) is 1. The zero-order valence-corrected chi connectivity index (χ0v) is 10.3. The minimum absolute atomic E-state index is 0.188. The van der Waals surface area contributed by atoms with Crippen LogP contribution >= 0.6 is 0 Å². The van der Waals surface area contributed by atoms with Crippen LogP contribution in [0.4, 0.5) is 4.79 Å². The van der Waals surface area contributed by atoms with Crippen LogP contribution in [0.5, 0.6) is 0 Å².